The number of aryl methyl sites for hydroxylation is 1. The summed E-state index contributed by atoms with van der Waals surface area (Å²) in [5.74, 6) is -7.81. The van der Waals surface area contributed by atoms with Gasteiger partial charge in [0, 0.05) is 7.05 Å². The normalized spacial score (nSPS) is 14.4. The molecule has 1 aromatic rings. The van der Waals surface area contributed by atoms with Gasteiger partial charge in [-0.3, -0.25) is 4.79 Å². The molecule has 1 unspecified atom stereocenters. The predicted octanol–water partition coefficient (Wildman–Crippen LogP) is 1.19. The minimum absolute atomic E-state index is 0.0568. The Morgan fingerprint density at radius 1 is 1.39 bits per heavy atom. The summed E-state index contributed by atoms with van der Waals surface area (Å²) in [6.45, 7) is 1.22. The van der Waals surface area contributed by atoms with Crippen LogP contribution in [0.3, 0.4) is 0 Å². The fraction of sp³-hybridized carbons (Fsp3) is 0.625. The number of amides is 1. The molecule has 18 heavy (non-hydrogen) atoms. The molecule has 1 N–H and O–H groups in total. The van der Waals surface area contributed by atoms with Gasteiger partial charge in [-0.1, -0.05) is 0 Å². The smallest absolute Gasteiger partial charge is 0.341 e. The topological polar surface area (TPSA) is 59.8 Å². The maximum absolute atomic E-state index is 12.6. The second-order valence-corrected chi connectivity index (χ2v) is 3.57. The standard InChI is InChI=1S/C8H9F5N4O/c1-4(5-16-14-3-17(5)2)15-6(18)7(9,10)8(11,12)13/h3-4H,1-2H3,(H,15,18). The van der Waals surface area contributed by atoms with E-state index in [-0.39, 0.29) is 5.82 Å². The Morgan fingerprint density at radius 2 is 1.94 bits per heavy atom. The van der Waals surface area contributed by atoms with Crippen LogP contribution in [0, 0.1) is 0 Å². The third-order valence-corrected chi connectivity index (χ3v) is 2.12. The van der Waals surface area contributed by atoms with E-state index in [1.807, 2.05) is 0 Å². The summed E-state index contributed by atoms with van der Waals surface area (Å²) in [6.07, 6.45) is -4.71. The van der Waals surface area contributed by atoms with Crippen molar-refractivity contribution in [2.45, 2.75) is 25.1 Å². The van der Waals surface area contributed by atoms with Crippen molar-refractivity contribution in [3.8, 4) is 0 Å². The van der Waals surface area contributed by atoms with E-state index in [0.717, 1.165) is 0 Å². The molecule has 0 bridgehead atoms. The third-order valence-electron chi connectivity index (χ3n) is 2.12. The van der Waals surface area contributed by atoms with E-state index in [2.05, 4.69) is 10.2 Å². The minimum atomic E-state index is -5.93. The van der Waals surface area contributed by atoms with Crippen LogP contribution in [0.15, 0.2) is 6.33 Å². The monoisotopic (exact) mass is 272 g/mol. The Balaban J connectivity index is 2.81. The van der Waals surface area contributed by atoms with Gasteiger partial charge in [-0.2, -0.15) is 22.0 Å². The Hall–Kier alpha value is -1.74. The molecule has 1 rings (SSSR count). The molecule has 0 aromatic carbocycles. The van der Waals surface area contributed by atoms with Crippen molar-refractivity contribution >= 4 is 5.91 Å². The zero-order valence-corrected chi connectivity index (χ0v) is 9.29. The minimum Gasteiger partial charge on any atom is -0.341 e. The van der Waals surface area contributed by atoms with Crippen LogP contribution in [0.25, 0.3) is 0 Å². The highest BCUT2D eigenvalue weighted by atomic mass is 19.4. The van der Waals surface area contributed by atoms with Crippen molar-refractivity contribution in [3.05, 3.63) is 12.2 Å². The Kier molecular flexibility index (Phi) is 3.58. The summed E-state index contributed by atoms with van der Waals surface area (Å²) in [6, 6.07) is -1.13. The number of nitrogens with one attached hydrogen (secondary N) is 1. The molecule has 102 valence electrons. The number of carbonyl (C=O) groups excluding carboxylic acids is 1. The molecule has 1 aromatic heterocycles. The van der Waals surface area contributed by atoms with Crippen LogP contribution in [-0.4, -0.2) is 32.8 Å². The molecule has 0 aliphatic rings. The Labute approximate surface area is 98.0 Å². The molecule has 5 nitrogen and oxygen atoms in total. The van der Waals surface area contributed by atoms with Crippen molar-refractivity contribution in [2.75, 3.05) is 0 Å². The zero-order chi connectivity index (χ0) is 14.1. The van der Waals surface area contributed by atoms with Gasteiger partial charge in [0.25, 0.3) is 0 Å². The molecular formula is C8H9F5N4O. The predicted molar refractivity (Wildman–Crippen MR) is 48.6 cm³/mol. The second kappa shape index (κ2) is 4.50. The van der Waals surface area contributed by atoms with Crippen molar-refractivity contribution in [3.63, 3.8) is 0 Å². The molecule has 1 amide bonds. The number of nitrogens with zero attached hydrogens (tertiary/aromatic N) is 3. The molecule has 1 atom stereocenters. The first-order chi connectivity index (χ1) is 8.07. The summed E-state index contributed by atoms with van der Waals surface area (Å²) in [4.78, 5) is 10.9. The Bertz CT molecular complexity index is 441. The summed E-state index contributed by atoms with van der Waals surface area (Å²) >= 11 is 0. The number of halogens is 5. The largest absolute Gasteiger partial charge is 0.463 e. The van der Waals surface area contributed by atoms with Gasteiger partial charge in [0.2, 0.25) is 0 Å². The maximum atomic E-state index is 12.6. The molecule has 0 saturated carbocycles. The van der Waals surface area contributed by atoms with Gasteiger partial charge in [0.15, 0.2) is 5.82 Å². The molecule has 0 fully saturated rings. The zero-order valence-electron chi connectivity index (χ0n) is 9.29. The van der Waals surface area contributed by atoms with Crippen LogP contribution in [0.2, 0.25) is 0 Å². The van der Waals surface area contributed by atoms with Gasteiger partial charge in [-0.15, -0.1) is 10.2 Å². The lowest BCUT2D eigenvalue weighted by Crippen LogP contribution is -2.51. The SMILES string of the molecule is CC(NC(=O)C(F)(F)C(F)(F)F)c1nncn1C. The first kappa shape index (κ1) is 14.3. The second-order valence-electron chi connectivity index (χ2n) is 3.57. The third kappa shape index (κ3) is 2.57. The van der Waals surface area contributed by atoms with Crippen LogP contribution in [-0.2, 0) is 11.8 Å². The molecule has 0 aliphatic carbocycles. The number of aromatic nitrogens is 3. The number of hydrogen-bond donors (Lipinski definition) is 1. The van der Waals surface area contributed by atoms with Crippen molar-refractivity contribution < 1.29 is 26.7 Å². The molecule has 0 aliphatic heterocycles. The van der Waals surface area contributed by atoms with Crippen molar-refractivity contribution in [1.82, 2.24) is 20.1 Å². The number of alkyl halides is 5. The van der Waals surface area contributed by atoms with Crippen molar-refractivity contribution in [1.29, 1.82) is 0 Å². The summed E-state index contributed by atoms with van der Waals surface area (Å²) in [7, 11) is 1.46. The van der Waals surface area contributed by atoms with Crippen LogP contribution in [0.5, 0.6) is 0 Å². The van der Waals surface area contributed by atoms with E-state index in [1.165, 1.54) is 30.2 Å². The van der Waals surface area contributed by atoms with E-state index >= 15 is 0 Å². The summed E-state index contributed by atoms with van der Waals surface area (Å²) < 4.78 is 62.3. The highest BCUT2D eigenvalue weighted by Gasteiger charge is 2.63. The molecule has 0 spiro atoms. The van der Waals surface area contributed by atoms with Gasteiger partial charge in [-0.05, 0) is 6.92 Å². The fourth-order valence-corrected chi connectivity index (χ4v) is 1.16. The van der Waals surface area contributed by atoms with E-state index in [0.29, 0.717) is 0 Å². The molecular weight excluding hydrogens is 263 g/mol. The van der Waals surface area contributed by atoms with E-state index in [4.69, 9.17) is 0 Å². The first-order valence-electron chi connectivity index (χ1n) is 4.66. The van der Waals surface area contributed by atoms with Gasteiger partial charge in [0.1, 0.15) is 6.33 Å². The molecule has 0 radical (unpaired) electrons. The number of hydrogen-bond acceptors (Lipinski definition) is 3. The van der Waals surface area contributed by atoms with E-state index in [9.17, 15) is 26.7 Å². The molecule has 1 heterocycles. The quantitative estimate of drug-likeness (QED) is 0.841. The van der Waals surface area contributed by atoms with Crippen LogP contribution in [0.1, 0.15) is 18.8 Å². The average Bonchev–Trinajstić information content (AvgIpc) is 2.62. The summed E-state index contributed by atoms with van der Waals surface area (Å²) in [5, 5.41) is 8.44. The van der Waals surface area contributed by atoms with Crippen LogP contribution in [0.4, 0.5) is 22.0 Å². The molecule has 10 heteroatoms. The van der Waals surface area contributed by atoms with Gasteiger partial charge in [0.05, 0.1) is 6.04 Å². The van der Waals surface area contributed by atoms with Crippen LogP contribution >= 0.6 is 0 Å². The highest BCUT2D eigenvalue weighted by molar-refractivity contribution is 5.84. The first-order valence-corrected chi connectivity index (χ1v) is 4.66. The summed E-state index contributed by atoms with van der Waals surface area (Å²) in [5.41, 5.74) is 0. The lowest BCUT2D eigenvalue weighted by atomic mass is 10.2. The van der Waals surface area contributed by atoms with Crippen molar-refractivity contribution in [2.24, 2.45) is 7.05 Å². The van der Waals surface area contributed by atoms with Gasteiger partial charge in [-0.25, -0.2) is 0 Å². The highest BCUT2D eigenvalue weighted by Crippen LogP contribution is 2.35. The maximum Gasteiger partial charge on any atom is 0.463 e. The lowest BCUT2D eigenvalue weighted by Gasteiger charge is -2.21. The fourth-order valence-electron chi connectivity index (χ4n) is 1.16. The Morgan fingerprint density at radius 3 is 2.33 bits per heavy atom. The van der Waals surface area contributed by atoms with E-state index < -0.39 is 24.0 Å². The number of carbonyl (C=O) groups is 1. The van der Waals surface area contributed by atoms with Gasteiger partial charge < -0.3 is 9.88 Å². The lowest BCUT2D eigenvalue weighted by molar-refractivity contribution is -0.270. The average molecular weight is 272 g/mol. The number of rotatable bonds is 3. The van der Waals surface area contributed by atoms with Crippen LogP contribution < -0.4 is 5.32 Å². The van der Waals surface area contributed by atoms with Gasteiger partial charge >= 0.3 is 18.0 Å². The van der Waals surface area contributed by atoms with E-state index in [1.54, 1.807) is 0 Å². The molecule has 0 saturated heterocycles.